The van der Waals surface area contributed by atoms with E-state index >= 15 is 0 Å². The first-order chi connectivity index (χ1) is 13.1. The van der Waals surface area contributed by atoms with Crippen LogP contribution in [0.5, 0.6) is 5.75 Å². The quantitative estimate of drug-likeness (QED) is 0.230. The van der Waals surface area contributed by atoms with Crippen LogP contribution in [-0.2, 0) is 13.2 Å². The summed E-state index contributed by atoms with van der Waals surface area (Å²) in [5, 5.41) is 5.63. The van der Waals surface area contributed by atoms with Gasteiger partial charge >= 0.3 is 0 Å². The van der Waals surface area contributed by atoms with E-state index in [0.717, 1.165) is 27.5 Å². The van der Waals surface area contributed by atoms with Gasteiger partial charge in [-0.1, -0.05) is 47.5 Å². The van der Waals surface area contributed by atoms with Gasteiger partial charge in [0.15, 0.2) is 0 Å². The molecular weight excluding hydrogens is 494 g/mol. The van der Waals surface area contributed by atoms with Crippen LogP contribution in [0.3, 0.4) is 0 Å². The molecule has 0 bridgehead atoms. The number of nitrogens with one attached hydrogen (secondary N) is 1. The summed E-state index contributed by atoms with van der Waals surface area (Å²) >= 11 is 14.3. The average Bonchev–Trinajstić information content (AvgIpc) is 2.67. The maximum Gasteiger partial charge on any atom is 0.128 e. The monoisotopic (exact) mass is 510 g/mol. The SMILES string of the molecule is Clc1ccc(CN/N=C\c2cc(Cl)ccc2OCc2ccc(I)cc2)cc1. The van der Waals surface area contributed by atoms with Crippen molar-refractivity contribution in [2.75, 3.05) is 0 Å². The predicted molar refractivity (Wildman–Crippen MR) is 121 cm³/mol. The fourth-order valence-electron chi connectivity index (χ4n) is 2.35. The van der Waals surface area contributed by atoms with Crippen molar-refractivity contribution < 1.29 is 4.74 Å². The van der Waals surface area contributed by atoms with Crippen molar-refractivity contribution in [1.82, 2.24) is 5.43 Å². The second kappa shape index (κ2) is 9.97. The number of hydrazone groups is 1. The molecule has 0 aliphatic heterocycles. The molecule has 0 atom stereocenters. The molecule has 138 valence electrons. The van der Waals surface area contributed by atoms with E-state index in [-0.39, 0.29) is 0 Å². The van der Waals surface area contributed by atoms with E-state index in [2.05, 4.69) is 57.4 Å². The Bertz CT molecular complexity index is 912. The van der Waals surface area contributed by atoms with Crippen LogP contribution >= 0.6 is 45.8 Å². The maximum absolute atomic E-state index is 6.12. The first kappa shape index (κ1) is 20.0. The Morgan fingerprint density at radius 2 is 1.56 bits per heavy atom. The standard InChI is InChI=1S/C21H17Cl2IN2O/c22-18-5-1-15(2-6-18)12-25-26-13-17-11-19(23)7-10-21(17)27-14-16-3-8-20(24)9-4-16/h1-11,13,25H,12,14H2/b26-13-. The zero-order valence-corrected chi connectivity index (χ0v) is 18.0. The van der Waals surface area contributed by atoms with Crippen LogP contribution in [0.2, 0.25) is 10.0 Å². The number of benzene rings is 3. The third kappa shape index (κ3) is 6.41. The van der Waals surface area contributed by atoms with Crippen molar-refractivity contribution in [3.8, 4) is 5.75 Å². The molecule has 0 radical (unpaired) electrons. The highest BCUT2D eigenvalue weighted by atomic mass is 127. The van der Waals surface area contributed by atoms with E-state index < -0.39 is 0 Å². The third-order valence-electron chi connectivity index (χ3n) is 3.77. The highest BCUT2D eigenvalue weighted by molar-refractivity contribution is 14.1. The van der Waals surface area contributed by atoms with E-state index in [1.165, 1.54) is 3.57 Å². The van der Waals surface area contributed by atoms with Gasteiger partial charge in [-0.3, -0.25) is 0 Å². The van der Waals surface area contributed by atoms with Crippen molar-refractivity contribution in [1.29, 1.82) is 0 Å². The molecule has 0 spiro atoms. The molecule has 6 heteroatoms. The second-order valence-corrected chi connectivity index (χ2v) is 7.94. The van der Waals surface area contributed by atoms with Gasteiger partial charge < -0.3 is 10.2 Å². The van der Waals surface area contributed by atoms with Gasteiger partial charge in [0.25, 0.3) is 0 Å². The lowest BCUT2D eigenvalue weighted by Gasteiger charge is -2.10. The number of ether oxygens (including phenoxy) is 1. The zero-order chi connectivity index (χ0) is 19.1. The minimum Gasteiger partial charge on any atom is -0.488 e. The molecule has 0 aromatic heterocycles. The van der Waals surface area contributed by atoms with E-state index in [4.69, 9.17) is 27.9 Å². The third-order valence-corrected chi connectivity index (χ3v) is 4.98. The topological polar surface area (TPSA) is 33.6 Å². The van der Waals surface area contributed by atoms with Gasteiger partial charge in [-0.25, -0.2) is 0 Å². The summed E-state index contributed by atoms with van der Waals surface area (Å²) in [5.41, 5.74) is 6.04. The van der Waals surface area contributed by atoms with E-state index in [1.54, 1.807) is 6.21 Å². The number of nitrogens with zero attached hydrogens (tertiary/aromatic N) is 1. The smallest absolute Gasteiger partial charge is 0.128 e. The van der Waals surface area contributed by atoms with Gasteiger partial charge in [0.1, 0.15) is 12.4 Å². The highest BCUT2D eigenvalue weighted by Gasteiger charge is 2.04. The molecule has 0 heterocycles. The van der Waals surface area contributed by atoms with Crippen LogP contribution in [0.25, 0.3) is 0 Å². The molecule has 0 saturated carbocycles. The zero-order valence-electron chi connectivity index (χ0n) is 14.3. The predicted octanol–water partition coefficient (Wildman–Crippen LogP) is 6.30. The summed E-state index contributed by atoms with van der Waals surface area (Å²) in [6.45, 7) is 1.09. The van der Waals surface area contributed by atoms with Crippen molar-refractivity contribution in [2.45, 2.75) is 13.2 Å². The van der Waals surface area contributed by atoms with Crippen LogP contribution in [0, 0.1) is 3.57 Å². The van der Waals surface area contributed by atoms with Crippen LogP contribution in [0.4, 0.5) is 0 Å². The van der Waals surface area contributed by atoms with Crippen molar-refractivity contribution in [2.24, 2.45) is 5.10 Å². The van der Waals surface area contributed by atoms with Gasteiger partial charge in [-0.05, 0) is 76.2 Å². The number of rotatable bonds is 7. The first-order valence-corrected chi connectivity index (χ1v) is 10.1. The fourth-order valence-corrected chi connectivity index (χ4v) is 3.01. The molecule has 0 saturated heterocycles. The Morgan fingerprint density at radius 1 is 0.889 bits per heavy atom. The molecule has 3 rings (SSSR count). The van der Waals surface area contributed by atoms with Crippen LogP contribution in [0.15, 0.2) is 71.8 Å². The molecule has 0 aliphatic rings. The highest BCUT2D eigenvalue weighted by Crippen LogP contribution is 2.22. The number of halogens is 3. The summed E-state index contributed by atoms with van der Waals surface area (Å²) in [6, 6.07) is 21.4. The van der Waals surface area contributed by atoms with Gasteiger partial charge in [0, 0.05) is 19.2 Å². The van der Waals surface area contributed by atoms with Crippen LogP contribution in [0.1, 0.15) is 16.7 Å². The summed E-state index contributed by atoms with van der Waals surface area (Å²) in [7, 11) is 0. The molecule has 0 unspecified atom stereocenters. The van der Waals surface area contributed by atoms with Crippen LogP contribution < -0.4 is 10.2 Å². The molecule has 3 aromatic carbocycles. The minimum absolute atomic E-state index is 0.484. The van der Waals surface area contributed by atoms with Crippen molar-refractivity contribution in [3.63, 3.8) is 0 Å². The molecule has 3 nitrogen and oxygen atoms in total. The molecular formula is C21H17Cl2IN2O. The van der Waals surface area contributed by atoms with E-state index in [0.29, 0.717) is 18.2 Å². The summed E-state index contributed by atoms with van der Waals surface area (Å²) < 4.78 is 7.15. The summed E-state index contributed by atoms with van der Waals surface area (Å²) in [6.07, 6.45) is 1.71. The lowest BCUT2D eigenvalue weighted by Crippen LogP contribution is -2.06. The Kier molecular flexibility index (Phi) is 7.38. The minimum atomic E-state index is 0.484. The van der Waals surface area contributed by atoms with Gasteiger partial charge in [-0.2, -0.15) is 5.10 Å². The Hall–Kier alpha value is -1.76. The molecule has 0 aliphatic carbocycles. The van der Waals surface area contributed by atoms with Gasteiger partial charge in [0.05, 0.1) is 12.8 Å². The molecule has 0 amide bonds. The lowest BCUT2D eigenvalue weighted by molar-refractivity contribution is 0.306. The maximum atomic E-state index is 6.12. The molecule has 1 N–H and O–H groups in total. The van der Waals surface area contributed by atoms with E-state index in [9.17, 15) is 0 Å². The number of hydrogen-bond donors (Lipinski definition) is 1. The average molecular weight is 511 g/mol. The Morgan fingerprint density at radius 3 is 2.30 bits per heavy atom. The molecule has 0 fully saturated rings. The normalized spacial score (nSPS) is 10.9. The first-order valence-electron chi connectivity index (χ1n) is 8.27. The van der Waals surface area contributed by atoms with Gasteiger partial charge in [-0.15, -0.1) is 0 Å². The summed E-state index contributed by atoms with van der Waals surface area (Å²) in [5.74, 6) is 0.731. The fraction of sp³-hybridized carbons (Fsp3) is 0.0952. The lowest BCUT2D eigenvalue weighted by atomic mass is 10.2. The Balaban J connectivity index is 1.62. The second-order valence-electron chi connectivity index (χ2n) is 5.82. The molecule has 3 aromatic rings. The van der Waals surface area contributed by atoms with E-state index in [1.807, 2.05) is 42.5 Å². The van der Waals surface area contributed by atoms with Crippen molar-refractivity contribution >= 4 is 52.0 Å². The summed E-state index contributed by atoms with van der Waals surface area (Å²) in [4.78, 5) is 0. The number of hydrogen-bond acceptors (Lipinski definition) is 3. The molecule has 27 heavy (non-hydrogen) atoms. The Labute approximate surface area is 182 Å². The largest absolute Gasteiger partial charge is 0.488 e. The van der Waals surface area contributed by atoms with Gasteiger partial charge in [0.2, 0.25) is 0 Å². The van der Waals surface area contributed by atoms with Crippen molar-refractivity contribution in [3.05, 3.63) is 97.0 Å². The van der Waals surface area contributed by atoms with Crippen LogP contribution in [-0.4, -0.2) is 6.21 Å².